The van der Waals surface area contributed by atoms with Crippen molar-refractivity contribution in [1.29, 1.82) is 0 Å². The van der Waals surface area contributed by atoms with Crippen LogP contribution in [0.1, 0.15) is 25.0 Å². The predicted molar refractivity (Wildman–Crippen MR) is 82.5 cm³/mol. The first kappa shape index (κ1) is 14.0. The van der Waals surface area contributed by atoms with E-state index in [1.807, 2.05) is 17.5 Å². The number of hydrogen-bond donors (Lipinski definition) is 1. The summed E-state index contributed by atoms with van der Waals surface area (Å²) in [5.41, 5.74) is 0.483. The number of likely N-dealkylation sites (tertiary alicyclic amines) is 1. The first-order chi connectivity index (χ1) is 10.7. The molecule has 3 heterocycles. The number of aliphatic carboxylic acids is 1. The summed E-state index contributed by atoms with van der Waals surface area (Å²) in [4.78, 5) is 18.6. The van der Waals surface area contributed by atoms with Gasteiger partial charge in [0.15, 0.2) is 10.8 Å². The van der Waals surface area contributed by atoms with Crippen LogP contribution >= 0.6 is 11.3 Å². The molecule has 0 unspecified atom stereocenters. The lowest BCUT2D eigenvalue weighted by atomic mass is 9.81. The van der Waals surface area contributed by atoms with Crippen molar-refractivity contribution in [2.75, 3.05) is 13.1 Å². The molecule has 4 rings (SSSR count). The van der Waals surface area contributed by atoms with Crippen molar-refractivity contribution in [3.63, 3.8) is 0 Å². The smallest absolute Gasteiger partial charge is 0.311 e. The van der Waals surface area contributed by atoms with Crippen LogP contribution in [0.4, 0.5) is 0 Å². The van der Waals surface area contributed by atoms with Crippen molar-refractivity contribution in [3.8, 4) is 10.8 Å². The number of fused-ring (bicyclic) bond motifs is 1. The van der Waals surface area contributed by atoms with Crippen molar-refractivity contribution < 1.29 is 14.3 Å². The third kappa shape index (κ3) is 2.18. The van der Waals surface area contributed by atoms with Crippen LogP contribution in [-0.2, 0) is 11.3 Å². The first-order valence-corrected chi connectivity index (χ1v) is 8.49. The van der Waals surface area contributed by atoms with Crippen LogP contribution in [0.15, 0.2) is 28.2 Å². The van der Waals surface area contributed by atoms with Crippen LogP contribution < -0.4 is 0 Å². The minimum absolute atomic E-state index is 0.299. The molecule has 2 aromatic rings. The third-order valence-corrected chi connectivity index (χ3v) is 5.94. The van der Waals surface area contributed by atoms with E-state index in [0.29, 0.717) is 12.5 Å². The van der Waals surface area contributed by atoms with E-state index in [0.717, 1.165) is 48.8 Å². The number of hydrogen-bond acceptors (Lipinski definition) is 5. The Labute approximate surface area is 132 Å². The number of furan rings is 1. The summed E-state index contributed by atoms with van der Waals surface area (Å²) < 4.78 is 5.37. The molecule has 1 saturated carbocycles. The first-order valence-electron chi connectivity index (χ1n) is 7.61. The second kappa shape index (κ2) is 5.21. The Balaban J connectivity index is 1.48. The highest BCUT2D eigenvalue weighted by Gasteiger charge is 2.54. The molecule has 1 aliphatic heterocycles. The topological polar surface area (TPSA) is 66.6 Å². The van der Waals surface area contributed by atoms with Crippen LogP contribution in [-0.4, -0.2) is 34.0 Å². The summed E-state index contributed by atoms with van der Waals surface area (Å²) in [6, 6.07) is 3.76. The number of carboxylic acid groups (broad SMARTS) is 1. The van der Waals surface area contributed by atoms with Crippen molar-refractivity contribution in [2.24, 2.45) is 11.3 Å². The average Bonchev–Trinajstić information content (AvgIpc) is 3.22. The molecule has 5 nitrogen and oxygen atoms in total. The van der Waals surface area contributed by atoms with E-state index in [2.05, 4.69) is 9.88 Å². The highest BCUT2D eigenvalue weighted by atomic mass is 32.1. The summed E-state index contributed by atoms with van der Waals surface area (Å²) in [7, 11) is 0. The molecule has 116 valence electrons. The molecule has 0 amide bonds. The molecule has 2 fully saturated rings. The Bertz CT molecular complexity index is 681. The van der Waals surface area contributed by atoms with Gasteiger partial charge in [0.2, 0.25) is 0 Å². The Morgan fingerprint density at radius 2 is 2.50 bits per heavy atom. The molecule has 6 heteroatoms. The quantitative estimate of drug-likeness (QED) is 0.938. The number of rotatable bonds is 4. The van der Waals surface area contributed by atoms with Gasteiger partial charge in [-0.05, 0) is 30.9 Å². The number of aromatic nitrogens is 1. The van der Waals surface area contributed by atoms with E-state index in [-0.39, 0.29) is 0 Å². The second-order valence-electron chi connectivity index (χ2n) is 6.34. The zero-order valence-corrected chi connectivity index (χ0v) is 13.0. The summed E-state index contributed by atoms with van der Waals surface area (Å²) >= 11 is 1.57. The lowest BCUT2D eigenvalue weighted by Crippen LogP contribution is -2.35. The van der Waals surface area contributed by atoms with Crippen molar-refractivity contribution >= 4 is 17.3 Å². The highest BCUT2D eigenvalue weighted by Crippen LogP contribution is 2.49. The van der Waals surface area contributed by atoms with E-state index in [1.165, 1.54) is 0 Å². The van der Waals surface area contributed by atoms with Gasteiger partial charge in [0.1, 0.15) is 0 Å². The molecule has 2 aliphatic rings. The van der Waals surface area contributed by atoms with Crippen LogP contribution in [0.5, 0.6) is 0 Å². The summed E-state index contributed by atoms with van der Waals surface area (Å²) in [5.74, 6) is 0.469. The maximum atomic E-state index is 11.7. The Morgan fingerprint density at radius 1 is 1.59 bits per heavy atom. The van der Waals surface area contributed by atoms with Gasteiger partial charge in [-0.15, -0.1) is 11.3 Å². The summed E-state index contributed by atoms with van der Waals surface area (Å²) in [6.07, 6.45) is 4.55. The van der Waals surface area contributed by atoms with E-state index in [1.54, 1.807) is 17.6 Å². The van der Waals surface area contributed by atoms with Gasteiger partial charge in [0, 0.05) is 25.0 Å². The van der Waals surface area contributed by atoms with Crippen LogP contribution in [0.25, 0.3) is 10.8 Å². The molecule has 0 radical (unpaired) electrons. The average molecular weight is 318 g/mol. The van der Waals surface area contributed by atoms with E-state index >= 15 is 0 Å². The van der Waals surface area contributed by atoms with Gasteiger partial charge in [0.25, 0.3) is 0 Å². The largest absolute Gasteiger partial charge is 0.481 e. The van der Waals surface area contributed by atoms with Crippen LogP contribution in [0.2, 0.25) is 0 Å². The Hall–Kier alpha value is -1.66. The minimum Gasteiger partial charge on any atom is -0.481 e. The second-order valence-corrected chi connectivity index (χ2v) is 7.20. The lowest BCUT2D eigenvalue weighted by Gasteiger charge is -2.23. The fourth-order valence-electron chi connectivity index (χ4n) is 3.99. The van der Waals surface area contributed by atoms with Crippen LogP contribution in [0, 0.1) is 11.3 Å². The fraction of sp³-hybridized carbons (Fsp3) is 0.500. The van der Waals surface area contributed by atoms with Crippen molar-refractivity contribution in [2.45, 2.75) is 25.8 Å². The normalized spacial score (nSPS) is 28.1. The van der Waals surface area contributed by atoms with E-state index in [9.17, 15) is 9.90 Å². The standard InChI is InChI=1S/C16H18N2O3S/c19-15(20)16-5-1-3-11(16)7-18(10-16)8-12-9-22-14(17-12)13-4-2-6-21-13/h2,4,6,9,11H,1,3,5,7-8,10H2,(H,19,20)/t11-,16+/m0/s1. The van der Waals surface area contributed by atoms with Gasteiger partial charge in [-0.25, -0.2) is 4.98 Å². The Kier molecular flexibility index (Phi) is 3.31. The van der Waals surface area contributed by atoms with Gasteiger partial charge in [0.05, 0.1) is 17.4 Å². The van der Waals surface area contributed by atoms with Gasteiger partial charge in [-0.3, -0.25) is 9.69 Å². The molecule has 2 atom stereocenters. The maximum Gasteiger partial charge on any atom is 0.311 e. The fourth-order valence-corrected chi connectivity index (χ4v) is 4.76. The molecule has 2 aromatic heterocycles. The minimum atomic E-state index is -0.618. The Morgan fingerprint density at radius 3 is 3.23 bits per heavy atom. The molecule has 1 saturated heterocycles. The van der Waals surface area contributed by atoms with Gasteiger partial charge in [-0.1, -0.05) is 6.42 Å². The number of carboxylic acids is 1. The van der Waals surface area contributed by atoms with Gasteiger partial charge in [-0.2, -0.15) is 0 Å². The molecule has 1 N–H and O–H groups in total. The van der Waals surface area contributed by atoms with Crippen molar-refractivity contribution in [3.05, 3.63) is 29.5 Å². The highest BCUT2D eigenvalue weighted by molar-refractivity contribution is 7.13. The third-order valence-electron chi connectivity index (χ3n) is 5.04. The molecule has 1 aliphatic carbocycles. The van der Waals surface area contributed by atoms with Crippen molar-refractivity contribution in [1.82, 2.24) is 9.88 Å². The monoisotopic (exact) mass is 318 g/mol. The number of carbonyl (C=O) groups is 1. The maximum absolute atomic E-state index is 11.7. The number of thiazole rings is 1. The SMILES string of the molecule is O=C(O)[C@@]12CCC[C@H]1CN(Cc1csc(-c3ccco3)n1)C2. The zero-order valence-electron chi connectivity index (χ0n) is 12.2. The lowest BCUT2D eigenvalue weighted by molar-refractivity contribution is -0.149. The zero-order chi connectivity index (χ0) is 15.2. The molecular formula is C16H18N2O3S. The van der Waals surface area contributed by atoms with Crippen LogP contribution in [0.3, 0.4) is 0 Å². The number of nitrogens with zero attached hydrogens (tertiary/aromatic N) is 2. The molecule has 0 bridgehead atoms. The summed E-state index contributed by atoms with van der Waals surface area (Å²) in [6.45, 7) is 2.25. The van der Waals surface area contributed by atoms with E-state index in [4.69, 9.17) is 4.42 Å². The predicted octanol–water partition coefficient (Wildman–Crippen LogP) is 3.09. The van der Waals surface area contributed by atoms with Gasteiger partial charge >= 0.3 is 5.97 Å². The van der Waals surface area contributed by atoms with Gasteiger partial charge < -0.3 is 9.52 Å². The molecule has 0 spiro atoms. The molecule has 0 aromatic carbocycles. The summed E-state index contributed by atoms with van der Waals surface area (Å²) in [5, 5.41) is 12.6. The molecule has 22 heavy (non-hydrogen) atoms. The van der Waals surface area contributed by atoms with E-state index < -0.39 is 11.4 Å². The molecular weight excluding hydrogens is 300 g/mol.